The van der Waals surface area contributed by atoms with Crippen LogP contribution in [-0.4, -0.2) is 17.5 Å². The second-order valence-corrected chi connectivity index (χ2v) is 5.45. The highest BCUT2D eigenvalue weighted by Crippen LogP contribution is 2.19. The third-order valence-electron chi connectivity index (χ3n) is 3.44. The van der Waals surface area contributed by atoms with Crippen LogP contribution in [0, 0.1) is 5.82 Å². The van der Waals surface area contributed by atoms with Crippen molar-refractivity contribution in [3.05, 3.63) is 84.4 Å². The molecule has 1 amide bonds. The van der Waals surface area contributed by atoms with E-state index in [4.69, 9.17) is 9.47 Å². The number of nitrogens with one attached hydrogen (secondary N) is 1. The van der Waals surface area contributed by atoms with E-state index in [1.54, 1.807) is 48.8 Å². The van der Waals surface area contributed by atoms with Gasteiger partial charge in [0.1, 0.15) is 12.4 Å². The molecule has 6 heteroatoms. The molecule has 0 saturated carbocycles. The molecule has 0 saturated heterocycles. The lowest BCUT2D eigenvalue weighted by atomic mass is 10.3. The molecule has 1 heterocycles. The average molecular weight is 352 g/mol. The van der Waals surface area contributed by atoms with Gasteiger partial charge in [-0.25, -0.2) is 4.39 Å². The van der Waals surface area contributed by atoms with Crippen molar-refractivity contribution < 1.29 is 18.7 Å². The van der Waals surface area contributed by atoms with E-state index < -0.39 is 11.7 Å². The quantitative estimate of drug-likeness (QED) is 0.702. The summed E-state index contributed by atoms with van der Waals surface area (Å²) in [6.45, 7) is 0.0866. The lowest BCUT2D eigenvalue weighted by Gasteiger charge is -2.10. The number of carbonyl (C=O) groups is 1. The summed E-state index contributed by atoms with van der Waals surface area (Å²) >= 11 is 0. The minimum Gasteiger partial charge on any atom is -0.489 e. The van der Waals surface area contributed by atoms with Crippen LogP contribution in [0.3, 0.4) is 0 Å². The van der Waals surface area contributed by atoms with E-state index in [1.807, 2.05) is 12.1 Å². The summed E-state index contributed by atoms with van der Waals surface area (Å²) in [6.07, 6.45) is 3.43. The van der Waals surface area contributed by atoms with Gasteiger partial charge in [-0.05, 0) is 30.3 Å². The number of aromatic nitrogens is 1. The van der Waals surface area contributed by atoms with E-state index in [0.717, 1.165) is 5.56 Å². The smallest absolute Gasteiger partial charge is 0.262 e. The first-order valence-electron chi connectivity index (χ1n) is 7.99. The Morgan fingerprint density at radius 1 is 1.04 bits per heavy atom. The van der Waals surface area contributed by atoms with E-state index in [1.165, 1.54) is 12.1 Å². The van der Waals surface area contributed by atoms with E-state index >= 15 is 0 Å². The number of amides is 1. The second-order valence-electron chi connectivity index (χ2n) is 5.45. The number of hydrogen-bond donors (Lipinski definition) is 1. The molecule has 5 nitrogen and oxygen atoms in total. The molecule has 0 spiro atoms. The molecular weight excluding hydrogens is 335 g/mol. The highest BCUT2D eigenvalue weighted by atomic mass is 19.1. The van der Waals surface area contributed by atoms with Gasteiger partial charge in [0.05, 0.1) is 0 Å². The first-order chi connectivity index (χ1) is 12.7. The molecule has 3 aromatic rings. The molecular formula is C20H17FN2O3. The minimum atomic E-state index is -0.508. The summed E-state index contributed by atoms with van der Waals surface area (Å²) in [4.78, 5) is 16.0. The molecule has 26 heavy (non-hydrogen) atoms. The van der Waals surface area contributed by atoms with Crippen LogP contribution < -0.4 is 14.8 Å². The zero-order chi connectivity index (χ0) is 18.2. The topological polar surface area (TPSA) is 60.5 Å². The maximum Gasteiger partial charge on any atom is 0.262 e. The van der Waals surface area contributed by atoms with Gasteiger partial charge in [0.2, 0.25) is 0 Å². The number of ether oxygens (including phenoxy) is 2. The number of benzene rings is 2. The van der Waals surface area contributed by atoms with Crippen LogP contribution in [0.1, 0.15) is 5.56 Å². The summed E-state index contributed by atoms with van der Waals surface area (Å²) in [5, 5.41) is 2.69. The first-order valence-corrected chi connectivity index (χ1v) is 7.99. The summed E-state index contributed by atoms with van der Waals surface area (Å²) in [5.74, 6) is -0.248. The van der Waals surface area contributed by atoms with Crippen molar-refractivity contribution in [1.29, 1.82) is 0 Å². The van der Waals surface area contributed by atoms with E-state index in [9.17, 15) is 9.18 Å². The zero-order valence-electron chi connectivity index (χ0n) is 13.9. The maximum absolute atomic E-state index is 13.5. The van der Waals surface area contributed by atoms with Gasteiger partial charge in [0.25, 0.3) is 5.91 Å². The molecule has 0 aliphatic carbocycles. The summed E-state index contributed by atoms with van der Waals surface area (Å²) < 4.78 is 24.3. The Kier molecular flexibility index (Phi) is 5.77. The van der Waals surface area contributed by atoms with Crippen molar-refractivity contribution in [2.75, 3.05) is 11.9 Å². The lowest BCUT2D eigenvalue weighted by Crippen LogP contribution is -2.20. The molecule has 0 fully saturated rings. The van der Waals surface area contributed by atoms with E-state index in [0.29, 0.717) is 18.0 Å². The summed E-state index contributed by atoms with van der Waals surface area (Å²) in [7, 11) is 0. The number of hydrogen-bond acceptors (Lipinski definition) is 4. The number of para-hydroxylation sites is 1. The van der Waals surface area contributed by atoms with Gasteiger partial charge >= 0.3 is 0 Å². The van der Waals surface area contributed by atoms with Gasteiger partial charge in [0, 0.05) is 29.7 Å². The van der Waals surface area contributed by atoms with Crippen molar-refractivity contribution >= 4 is 11.6 Å². The maximum atomic E-state index is 13.5. The van der Waals surface area contributed by atoms with Crippen LogP contribution in [-0.2, 0) is 11.4 Å². The fraction of sp³-hybridized carbons (Fsp3) is 0.100. The van der Waals surface area contributed by atoms with Crippen LogP contribution >= 0.6 is 0 Å². The highest BCUT2D eigenvalue weighted by Gasteiger charge is 2.07. The Balaban J connectivity index is 1.53. The van der Waals surface area contributed by atoms with Gasteiger partial charge in [0.15, 0.2) is 18.2 Å². The standard InChI is InChI=1S/C20H17FN2O3/c21-18-8-1-2-9-19(18)26-14-20(24)23-16-6-3-7-17(11-16)25-13-15-5-4-10-22-12-15/h1-12H,13-14H2,(H,23,24). The molecule has 1 aromatic heterocycles. The fourth-order valence-electron chi connectivity index (χ4n) is 2.22. The molecule has 0 radical (unpaired) electrons. The third kappa shape index (κ3) is 5.04. The van der Waals surface area contributed by atoms with Crippen LogP contribution in [0.25, 0.3) is 0 Å². The van der Waals surface area contributed by atoms with Crippen molar-refractivity contribution in [3.8, 4) is 11.5 Å². The third-order valence-corrected chi connectivity index (χ3v) is 3.44. The predicted octanol–water partition coefficient (Wildman–Crippen LogP) is 3.82. The Labute approximate surface area is 150 Å². The fourth-order valence-corrected chi connectivity index (χ4v) is 2.22. The van der Waals surface area contributed by atoms with Crippen molar-refractivity contribution in [2.24, 2.45) is 0 Å². The zero-order valence-corrected chi connectivity index (χ0v) is 13.9. The molecule has 132 valence electrons. The molecule has 1 N–H and O–H groups in total. The molecule has 0 aliphatic heterocycles. The van der Waals surface area contributed by atoms with E-state index in [-0.39, 0.29) is 12.4 Å². The Hall–Kier alpha value is -3.41. The minimum absolute atomic E-state index is 0.0382. The van der Waals surface area contributed by atoms with E-state index in [2.05, 4.69) is 10.3 Å². The van der Waals surface area contributed by atoms with Gasteiger partial charge in [-0.2, -0.15) is 0 Å². The van der Waals surface area contributed by atoms with Gasteiger partial charge in [-0.3, -0.25) is 9.78 Å². The number of rotatable bonds is 7. The summed E-state index contributed by atoms with van der Waals surface area (Å²) in [6, 6.07) is 16.7. The SMILES string of the molecule is O=C(COc1ccccc1F)Nc1cccc(OCc2cccnc2)c1. The van der Waals surface area contributed by atoms with Crippen molar-refractivity contribution in [1.82, 2.24) is 4.98 Å². The number of carbonyl (C=O) groups excluding carboxylic acids is 1. The molecule has 0 aliphatic rings. The molecule has 2 aromatic carbocycles. The second kappa shape index (κ2) is 8.62. The average Bonchev–Trinajstić information content (AvgIpc) is 2.67. The molecule has 0 atom stereocenters. The number of halogens is 1. The highest BCUT2D eigenvalue weighted by molar-refractivity contribution is 5.92. The Morgan fingerprint density at radius 2 is 1.92 bits per heavy atom. The Bertz CT molecular complexity index is 872. The lowest BCUT2D eigenvalue weighted by molar-refractivity contribution is -0.118. The number of nitrogens with zero attached hydrogens (tertiary/aromatic N) is 1. The van der Waals surface area contributed by atoms with Crippen molar-refractivity contribution in [3.63, 3.8) is 0 Å². The van der Waals surface area contributed by atoms with Crippen LogP contribution in [0.15, 0.2) is 73.1 Å². The molecule has 3 rings (SSSR count). The normalized spacial score (nSPS) is 10.2. The predicted molar refractivity (Wildman–Crippen MR) is 95.5 cm³/mol. The van der Waals surface area contributed by atoms with Gasteiger partial charge < -0.3 is 14.8 Å². The summed E-state index contributed by atoms with van der Waals surface area (Å²) in [5.41, 5.74) is 1.51. The van der Waals surface area contributed by atoms with Crippen LogP contribution in [0.2, 0.25) is 0 Å². The van der Waals surface area contributed by atoms with Crippen LogP contribution in [0.4, 0.5) is 10.1 Å². The largest absolute Gasteiger partial charge is 0.489 e. The molecule has 0 bridgehead atoms. The van der Waals surface area contributed by atoms with Crippen molar-refractivity contribution in [2.45, 2.75) is 6.61 Å². The number of pyridine rings is 1. The number of anilines is 1. The Morgan fingerprint density at radius 3 is 2.73 bits per heavy atom. The monoisotopic (exact) mass is 352 g/mol. The molecule has 0 unspecified atom stereocenters. The first kappa shape index (κ1) is 17.4. The van der Waals surface area contributed by atoms with Gasteiger partial charge in [-0.1, -0.05) is 24.3 Å². The van der Waals surface area contributed by atoms with Crippen LogP contribution in [0.5, 0.6) is 11.5 Å². The van der Waals surface area contributed by atoms with Gasteiger partial charge in [-0.15, -0.1) is 0 Å².